The van der Waals surface area contributed by atoms with Gasteiger partial charge >= 0.3 is 0 Å². The summed E-state index contributed by atoms with van der Waals surface area (Å²) in [5, 5.41) is 0. The highest BCUT2D eigenvalue weighted by Gasteiger charge is 2.36. The molecule has 0 fully saturated rings. The topological polar surface area (TPSA) is 0 Å². The lowest BCUT2D eigenvalue weighted by molar-refractivity contribution is 0.365. The molecule has 3 unspecified atom stereocenters. The quantitative estimate of drug-likeness (QED) is 0.480. The van der Waals surface area contributed by atoms with Crippen LogP contribution in [0.3, 0.4) is 0 Å². The van der Waals surface area contributed by atoms with Crippen molar-refractivity contribution in [1.29, 1.82) is 0 Å². The van der Waals surface area contributed by atoms with Crippen LogP contribution in [0.15, 0.2) is 0 Å². The monoisotopic (exact) mass is 252 g/mol. The summed E-state index contributed by atoms with van der Waals surface area (Å²) in [7, 11) is 0. The molecule has 0 aromatic rings. The molecule has 0 aromatic carbocycles. The molecule has 0 aliphatic carbocycles. The fraction of sp³-hybridized carbons (Fsp3) is 1.00. The first kappa shape index (κ1) is 18.1. The molecule has 0 radical (unpaired) electrons. The summed E-state index contributed by atoms with van der Waals surface area (Å²) in [5.74, 6) is 4.04. The van der Waals surface area contributed by atoms with Crippen molar-refractivity contribution in [1.82, 2.24) is 0 Å². The van der Waals surface area contributed by atoms with Crippen molar-refractivity contribution >= 4 is 6.71 Å². The van der Waals surface area contributed by atoms with E-state index in [2.05, 4.69) is 69.2 Å². The molecular formula is C17H37B. The molecule has 0 rings (SSSR count). The van der Waals surface area contributed by atoms with E-state index in [-0.39, 0.29) is 0 Å². The average Bonchev–Trinajstić information content (AvgIpc) is 2.14. The summed E-state index contributed by atoms with van der Waals surface area (Å²) in [6, 6.07) is 0. The predicted molar refractivity (Wildman–Crippen MR) is 87.8 cm³/mol. The third kappa shape index (κ3) is 5.80. The summed E-state index contributed by atoms with van der Waals surface area (Å²) < 4.78 is 0. The molecule has 0 amide bonds. The molecular weight excluding hydrogens is 215 g/mol. The fourth-order valence-electron chi connectivity index (χ4n) is 3.51. The van der Waals surface area contributed by atoms with Crippen LogP contribution in [0.1, 0.15) is 75.7 Å². The van der Waals surface area contributed by atoms with Gasteiger partial charge in [-0.1, -0.05) is 105 Å². The lowest BCUT2D eigenvalue weighted by Crippen LogP contribution is -2.35. The third-order valence-electron chi connectivity index (χ3n) is 4.91. The Balaban J connectivity index is 4.97. The fourth-order valence-corrected chi connectivity index (χ4v) is 3.51. The first-order valence-corrected chi connectivity index (χ1v) is 7.97. The second kappa shape index (κ2) is 7.01. The van der Waals surface area contributed by atoms with Gasteiger partial charge in [0.25, 0.3) is 0 Å². The standard InChI is InChI=1S/C17H37B/c1-12(2)15(6)18(16(7)13(3)4)14(5)11-17(8,9)10/h12-16H,11H2,1-10H3. The highest BCUT2D eigenvalue weighted by molar-refractivity contribution is 6.63. The molecule has 0 aliphatic rings. The van der Waals surface area contributed by atoms with Crippen LogP contribution >= 0.6 is 0 Å². The Kier molecular flexibility index (Phi) is 7.04. The van der Waals surface area contributed by atoms with E-state index in [1.165, 1.54) is 6.42 Å². The molecule has 0 aromatic heterocycles. The van der Waals surface area contributed by atoms with E-state index in [4.69, 9.17) is 0 Å². The van der Waals surface area contributed by atoms with Crippen LogP contribution < -0.4 is 0 Å². The molecule has 3 atom stereocenters. The SMILES string of the molecule is CC(CC(C)(C)C)B(C(C)C(C)C)C(C)C(C)C. The minimum atomic E-state index is 0.449. The van der Waals surface area contributed by atoms with Crippen LogP contribution in [-0.4, -0.2) is 6.71 Å². The molecule has 18 heavy (non-hydrogen) atoms. The Labute approximate surface area is 117 Å². The lowest BCUT2D eigenvalue weighted by atomic mass is 9.25. The van der Waals surface area contributed by atoms with Crippen molar-refractivity contribution in [3.05, 3.63) is 0 Å². The maximum Gasteiger partial charge on any atom is 0.149 e. The van der Waals surface area contributed by atoms with Crippen molar-refractivity contribution in [2.45, 2.75) is 93.1 Å². The minimum Gasteiger partial charge on any atom is -0.0690 e. The Morgan fingerprint density at radius 3 is 1.28 bits per heavy atom. The van der Waals surface area contributed by atoms with Crippen LogP contribution in [0.2, 0.25) is 17.5 Å². The van der Waals surface area contributed by atoms with Crippen LogP contribution in [-0.2, 0) is 0 Å². The predicted octanol–water partition coefficient (Wildman–Crippen LogP) is 6.40. The van der Waals surface area contributed by atoms with E-state index in [1.807, 2.05) is 0 Å². The van der Waals surface area contributed by atoms with Crippen LogP contribution in [0.25, 0.3) is 0 Å². The lowest BCUT2D eigenvalue weighted by Gasteiger charge is -2.38. The second-order valence-electron chi connectivity index (χ2n) is 8.53. The zero-order valence-corrected chi connectivity index (χ0v) is 14.7. The van der Waals surface area contributed by atoms with Gasteiger partial charge in [-0.2, -0.15) is 0 Å². The van der Waals surface area contributed by atoms with Crippen molar-refractivity contribution in [2.24, 2.45) is 17.3 Å². The van der Waals surface area contributed by atoms with Gasteiger partial charge in [0, 0.05) is 0 Å². The normalized spacial score (nSPS) is 18.0. The Bertz CT molecular complexity index is 210. The smallest absolute Gasteiger partial charge is 0.0690 e. The van der Waals surface area contributed by atoms with Crippen molar-refractivity contribution in [3.63, 3.8) is 0 Å². The van der Waals surface area contributed by atoms with Crippen LogP contribution in [0, 0.1) is 17.3 Å². The molecule has 0 bridgehead atoms. The highest BCUT2D eigenvalue weighted by atomic mass is 14.2. The highest BCUT2D eigenvalue weighted by Crippen LogP contribution is 2.42. The Hall–Kier alpha value is 0.0649. The van der Waals surface area contributed by atoms with E-state index < -0.39 is 0 Å². The van der Waals surface area contributed by atoms with Gasteiger partial charge in [0.2, 0.25) is 0 Å². The molecule has 1 heteroatoms. The third-order valence-corrected chi connectivity index (χ3v) is 4.91. The summed E-state index contributed by atoms with van der Waals surface area (Å²) >= 11 is 0. The van der Waals surface area contributed by atoms with Gasteiger partial charge in [0.15, 0.2) is 0 Å². The van der Waals surface area contributed by atoms with E-state index in [0.717, 1.165) is 36.0 Å². The van der Waals surface area contributed by atoms with Gasteiger partial charge in [-0.3, -0.25) is 0 Å². The summed E-state index contributed by atoms with van der Waals surface area (Å²) in [5.41, 5.74) is 0.449. The summed E-state index contributed by atoms with van der Waals surface area (Å²) in [6.07, 6.45) is 1.34. The summed E-state index contributed by atoms with van der Waals surface area (Å²) in [4.78, 5) is 0. The molecule has 0 saturated carbocycles. The van der Waals surface area contributed by atoms with E-state index >= 15 is 0 Å². The van der Waals surface area contributed by atoms with E-state index in [0.29, 0.717) is 5.41 Å². The van der Waals surface area contributed by atoms with Gasteiger partial charge in [-0.15, -0.1) is 0 Å². The number of hydrogen-bond donors (Lipinski definition) is 0. The number of rotatable bonds is 6. The molecule has 0 nitrogen and oxygen atoms in total. The minimum absolute atomic E-state index is 0.449. The molecule has 0 spiro atoms. The summed E-state index contributed by atoms with van der Waals surface area (Å²) in [6.45, 7) is 24.9. The molecule has 0 saturated heterocycles. The Morgan fingerprint density at radius 2 is 1.06 bits per heavy atom. The Morgan fingerprint density at radius 1 is 0.722 bits per heavy atom. The van der Waals surface area contributed by atoms with Crippen LogP contribution in [0.4, 0.5) is 0 Å². The van der Waals surface area contributed by atoms with Gasteiger partial charge in [0.05, 0.1) is 0 Å². The van der Waals surface area contributed by atoms with Gasteiger partial charge in [0.1, 0.15) is 6.71 Å². The van der Waals surface area contributed by atoms with Crippen molar-refractivity contribution < 1.29 is 0 Å². The largest absolute Gasteiger partial charge is 0.149 e. The van der Waals surface area contributed by atoms with Gasteiger partial charge in [-0.05, 0) is 5.41 Å². The maximum absolute atomic E-state index is 2.48. The van der Waals surface area contributed by atoms with Crippen molar-refractivity contribution in [3.8, 4) is 0 Å². The van der Waals surface area contributed by atoms with Crippen LogP contribution in [0.5, 0.6) is 0 Å². The maximum atomic E-state index is 2.48. The zero-order valence-electron chi connectivity index (χ0n) is 14.7. The first-order chi connectivity index (χ1) is 7.97. The molecule has 108 valence electrons. The van der Waals surface area contributed by atoms with Gasteiger partial charge < -0.3 is 0 Å². The molecule has 0 N–H and O–H groups in total. The van der Waals surface area contributed by atoms with Crippen molar-refractivity contribution in [2.75, 3.05) is 0 Å². The first-order valence-electron chi connectivity index (χ1n) is 7.97. The molecule has 0 aliphatic heterocycles. The second-order valence-corrected chi connectivity index (χ2v) is 8.53. The van der Waals surface area contributed by atoms with E-state index in [9.17, 15) is 0 Å². The van der Waals surface area contributed by atoms with Gasteiger partial charge in [-0.25, -0.2) is 0 Å². The van der Waals surface area contributed by atoms with E-state index in [1.54, 1.807) is 0 Å². The number of hydrogen-bond acceptors (Lipinski definition) is 0. The molecule has 0 heterocycles. The average molecular weight is 252 g/mol. The zero-order chi connectivity index (χ0) is 14.7.